The molecule has 0 bridgehead atoms. The molecule has 2 unspecified atom stereocenters. The Morgan fingerprint density at radius 3 is 3.05 bits per heavy atom. The van der Waals surface area contributed by atoms with E-state index in [1.807, 2.05) is 18.3 Å². The van der Waals surface area contributed by atoms with E-state index >= 15 is 0 Å². The van der Waals surface area contributed by atoms with E-state index in [2.05, 4.69) is 24.1 Å². The van der Waals surface area contributed by atoms with Crippen LogP contribution in [0, 0.1) is 5.92 Å². The lowest BCUT2D eigenvalue weighted by atomic mass is 9.84. The van der Waals surface area contributed by atoms with Gasteiger partial charge >= 0.3 is 0 Å². The van der Waals surface area contributed by atoms with E-state index in [1.54, 1.807) is 0 Å². The second-order valence-electron chi connectivity index (χ2n) is 5.48. The summed E-state index contributed by atoms with van der Waals surface area (Å²) in [6, 6.07) is 4.49. The normalized spacial score (nSPS) is 23.1. The standard InChI is InChI=1S/C16H26N2O/c1-3-11-19-15-9-6-10-17-16(15)18-14-8-5-7-13(4-2)12-14/h6,9-10,13-14H,3-5,7-8,11-12H2,1-2H3,(H,17,18). The minimum absolute atomic E-state index is 0.553. The summed E-state index contributed by atoms with van der Waals surface area (Å²) in [6.45, 7) is 5.17. The average Bonchev–Trinajstić information content (AvgIpc) is 2.46. The Balaban J connectivity index is 1.97. The van der Waals surface area contributed by atoms with Crippen LogP contribution < -0.4 is 10.1 Å². The van der Waals surface area contributed by atoms with Crippen molar-refractivity contribution in [1.82, 2.24) is 4.98 Å². The molecule has 2 rings (SSSR count). The van der Waals surface area contributed by atoms with Gasteiger partial charge in [0.1, 0.15) is 0 Å². The van der Waals surface area contributed by atoms with Gasteiger partial charge in [-0.3, -0.25) is 0 Å². The molecule has 0 spiro atoms. The lowest BCUT2D eigenvalue weighted by Gasteiger charge is -2.29. The molecule has 2 atom stereocenters. The summed E-state index contributed by atoms with van der Waals surface area (Å²) < 4.78 is 5.76. The quantitative estimate of drug-likeness (QED) is 0.832. The summed E-state index contributed by atoms with van der Waals surface area (Å²) in [7, 11) is 0. The lowest BCUT2D eigenvalue weighted by molar-refractivity contribution is 0.312. The third-order valence-corrected chi connectivity index (χ3v) is 3.93. The summed E-state index contributed by atoms with van der Waals surface area (Å²) in [4.78, 5) is 4.44. The Morgan fingerprint density at radius 1 is 1.37 bits per heavy atom. The molecule has 1 fully saturated rings. The molecular formula is C16H26N2O. The van der Waals surface area contributed by atoms with Crippen molar-refractivity contribution in [2.45, 2.75) is 58.4 Å². The first-order chi connectivity index (χ1) is 9.33. The van der Waals surface area contributed by atoms with Crippen molar-refractivity contribution in [2.75, 3.05) is 11.9 Å². The molecule has 3 nitrogen and oxygen atoms in total. The number of nitrogens with zero attached hydrogens (tertiary/aromatic N) is 1. The maximum atomic E-state index is 5.76. The molecule has 0 aromatic carbocycles. The Labute approximate surface area is 116 Å². The Bertz CT molecular complexity index is 381. The van der Waals surface area contributed by atoms with Gasteiger partial charge in [-0.05, 0) is 37.3 Å². The van der Waals surface area contributed by atoms with Crippen molar-refractivity contribution in [1.29, 1.82) is 0 Å². The number of ether oxygens (including phenoxy) is 1. The van der Waals surface area contributed by atoms with E-state index in [0.717, 1.165) is 30.5 Å². The smallest absolute Gasteiger partial charge is 0.168 e. The summed E-state index contributed by atoms with van der Waals surface area (Å²) in [5, 5.41) is 3.59. The molecule has 1 aliphatic rings. The van der Waals surface area contributed by atoms with Gasteiger partial charge in [0.2, 0.25) is 0 Å². The highest BCUT2D eigenvalue weighted by atomic mass is 16.5. The van der Waals surface area contributed by atoms with Crippen molar-refractivity contribution in [2.24, 2.45) is 5.92 Å². The van der Waals surface area contributed by atoms with Crippen LogP contribution in [0.3, 0.4) is 0 Å². The third-order valence-electron chi connectivity index (χ3n) is 3.93. The van der Waals surface area contributed by atoms with Crippen LogP contribution in [0.4, 0.5) is 5.82 Å². The number of hydrogen-bond donors (Lipinski definition) is 1. The molecule has 0 radical (unpaired) electrons. The van der Waals surface area contributed by atoms with Gasteiger partial charge in [-0.25, -0.2) is 4.98 Å². The van der Waals surface area contributed by atoms with Crippen LogP contribution >= 0.6 is 0 Å². The van der Waals surface area contributed by atoms with Crippen LogP contribution in [-0.4, -0.2) is 17.6 Å². The Kier molecular flexibility index (Phi) is 5.49. The first-order valence-corrected chi connectivity index (χ1v) is 7.67. The highest BCUT2D eigenvalue weighted by molar-refractivity contribution is 5.50. The monoisotopic (exact) mass is 262 g/mol. The summed E-state index contributed by atoms with van der Waals surface area (Å²) >= 11 is 0. The molecule has 1 N–H and O–H groups in total. The lowest BCUT2D eigenvalue weighted by Crippen LogP contribution is -2.27. The molecule has 19 heavy (non-hydrogen) atoms. The van der Waals surface area contributed by atoms with Crippen molar-refractivity contribution in [3.63, 3.8) is 0 Å². The first-order valence-electron chi connectivity index (χ1n) is 7.67. The Morgan fingerprint density at radius 2 is 2.26 bits per heavy atom. The molecule has 106 valence electrons. The van der Waals surface area contributed by atoms with Crippen molar-refractivity contribution in [3.05, 3.63) is 18.3 Å². The number of anilines is 1. The molecule has 0 amide bonds. The van der Waals surface area contributed by atoms with Crippen LogP contribution in [0.5, 0.6) is 5.75 Å². The van der Waals surface area contributed by atoms with Gasteiger partial charge in [-0.1, -0.05) is 33.1 Å². The van der Waals surface area contributed by atoms with Crippen molar-refractivity contribution >= 4 is 5.82 Å². The highest BCUT2D eigenvalue weighted by Crippen LogP contribution is 2.30. The van der Waals surface area contributed by atoms with Crippen LogP contribution in [-0.2, 0) is 0 Å². The average molecular weight is 262 g/mol. The predicted octanol–water partition coefficient (Wildman–Crippen LogP) is 4.25. The highest BCUT2D eigenvalue weighted by Gasteiger charge is 2.21. The fraction of sp³-hybridized carbons (Fsp3) is 0.688. The van der Waals surface area contributed by atoms with Gasteiger partial charge in [-0.15, -0.1) is 0 Å². The SMILES string of the molecule is CCCOc1cccnc1NC1CCCC(CC)C1. The zero-order valence-electron chi connectivity index (χ0n) is 12.2. The number of rotatable bonds is 6. The maximum Gasteiger partial charge on any atom is 0.168 e. The van der Waals surface area contributed by atoms with Crippen LogP contribution in [0.2, 0.25) is 0 Å². The first kappa shape index (κ1) is 14.2. The van der Waals surface area contributed by atoms with Gasteiger partial charge in [0.05, 0.1) is 6.61 Å². The zero-order chi connectivity index (χ0) is 13.5. The number of nitrogens with one attached hydrogen (secondary N) is 1. The van der Waals surface area contributed by atoms with Crippen molar-refractivity contribution in [3.8, 4) is 5.75 Å². The fourth-order valence-electron chi connectivity index (χ4n) is 2.81. The molecular weight excluding hydrogens is 236 g/mol. The maximum absolute atomic E-state index is 5.76. The van der Waals surface area contributed by atoms with Crippen LogP contribution in [0.25, 0.3) is 0 Å². The number of aromatic nitrogens is 1. The second-order valence-corrected chi connectivity index (χ2v) is 5.48. The molecule has 1 saturated carbocycles. The van der Waals surface area contributed by atoms with E-state index < -0.39 is 0 Å². The second kappa shape index (κ2) is 7.37. The topological polar surface area (TPSA) is 34.1 Å². The summed E-state index contributed by atoms with van der Waals surface area (Å²) in [6.07, 6.45) is 9.38. The summed E-state index contributed by atoms with van der Waals surface area (Å²) in [5.41, 5.74) is 0. The summed E-state index contributed by atoms with van der Waals surface area (Å²) in [5.74, 6) is 2.68. The molecule has 0 aliphatic heterocycles. The fourth-order valence-corrected chi connectivity index (χ4v) is 2.81. The van der Waals surface area contributed by atoms with E-state index in [-0.39, 0.29) is 0 Å². The van der Waals surface area contributed by atoms with Gasteiger partial charge in [0, 0.05) is 12.2 Å². The van der Waals surface area contributed by atoms with Crippen molar-refractivity contribution < 1.29 is 4.74 Å². The van der Waals surface area contributed by atoms with Gasteiger partial charge < -0.3 is 10.1 Å². The van der Waals surface area contributed by atoms with E-state index in [4.69, 9.17) is 4.74 Å². The zero-order valence-corrected chi connectivity index (χ0v) is 12.2. The molecule has 0 saturated heterocycles. The number of pyridine rings is 1. The minimum atomic E-state index is 0.553. The van der Waals surface area contributed by atoms with E-state index in [9.17, 15) is 0 Å². The minimum Gasteiger partial charge on any atom is -0.490 e. The van der Waals surface area contributed by atoms with Gasteiger partial charge in [-0.2, -0.15) is 0 Å². The molecule has 1 aromatic rings. The van der Waals surface area contributed by atoms with E-state index in [0.29, 0.717) is 6.04 Å². The van der Waals surface area contributed by atoms with E-state index in [1.165, 1.54) is 32.1 Å². The molecule has 3 heteroatoms. The largest absolute Gasteiger partial charge is 0.490 e. The molecule has 1 heterocycles. The Hall–Kier alpha value is -1.25. The van der Waals surface area contributed by atoms with Crippen LogP contribution in [0.1, 0.15) is 52.4 Å². The third kappa shape index (κ3) is 4.12. The predicted molar refractivity (Wildman–Crippen MR) is 79.7 cm³/mol. The molecule has 1 aromatic heterocycles. The van der Waals surface area contributed by atoms with Crippen LogP contribution in [0.15, 0.2) is 18.3 Å². The van der Waals surface area contributed by atoms with Gasteiger partial charge in [0.15, 0.2) is 11.6 Å². The van der Waals surface area contributed by atoms with Gasteiger partial charge in [0.25, 0.3) is 0 Å². The number of hydrogen-bond acceptors (Lipinski definition) is 3. The molecule has 1 aliphatic carbocycles.